The second-order valence-corrected chi connectivity index (χ2v) is 8.31. The zero-order valence-electron chi connectivity index (χ0n) is 16.8. The quantitative estimate of drug-likeness (QED) is 0.520. The van der Waals surface area contributed by atoms with E-state index in [1.165, 1.54) is 0 Å². The number of carbonyl (C=O) groups excluding carboxylic acids is 5. The standard InChI is InChI=1S/C20H29N3O6/c1-12-6-2-5-9-15(12)21-20(28)22-16(24)11-29-17(25)10-23-18(26)13-7-3-4-8-14(13)19(23)27/h12-15H,2-11H2,1H3,(H2,21,22,24,28). The highest BCUT2D eigenvalue weighted by Crippen LogP contribution is 2.37. The number of urea groups is 1. The summed E-state index contributed by atoms with van der Waals surface area (Å²) in [6.07, 6.45) is 7.22. The van der Waals surface area contributed by atoms with E-state index in [4.69, 9.17) is 4.74 Å². The molecule has 3 aliphatic rings. The van der Waals surface area contributed by atoms with Gasteiger partial charge in [-0.15, -0.1) is 0 Å². The SMILES string of the molecule is CC1CCCCC1NC(=O)NC(=O)COC(=O)CN1C(=O)C2CCCCC2C1=O. The lowest BCUT2D eigenvalue weighted by atomic mass is 9.81. The van der Waals surface area contributed by atoms with Crippen LogP contribution in [-0.2, 0) is 23.9 Å². The molecule has 4 atom stereocenters. The summed E-state index contributed by atoms with van der Waals surface area (Å²) in [7, 11) is 0. The van der Waals surface area contributed by atoms with Gasteiger partial charge in [0.2, 0.25) is 11.8 Å². The van der Waals surface area contributed by atoms with Crippen molar-refractivity contribution in [1.29, 1.82) is 0 Å². The van der Waals surface area contributed by atoms with Crippen LogP contribution in [0.25, 0.3) is 0 Å². The summed E-state index contributed by atoms with van der Waals surface area (Å²) in [6.45, 7) is 0.921. The average Bonchev–Trinajstić information content (AvgIpc) is 2.93. The minimum atomic E-state index is -0.846. The van der Waals surface area contributed by atoms with E-state index in [9.17, 15) is 24.0 Å². The molecule has 4 unspecified atom stereocenters. The maximum absolute atomic E-state index is 12.4. The van der Waals surface area contributed by atoms with Gasteiger partial charge in [0.05, 0.1) is 11.8 Å². The lowest BCUT2D eigenvalue weighted by Crippen LogP contribution is -2.48. The van der Waals surface area contributed by atoms with Crippen molar-refractivity contribution in [3.63, 3.8) is 0 Å². The van der Waals surface area contributed by atoms with Crippen molar-refractivity contribution in [3.05, 3.63) is 0 Å². The molecule has 1 saturated heterocycles. The van der Waals surface area contributed by atoms with E-state index < -0.39 is 31.1 Å². The van der Waals surface area contributed by atoms with Gasteiger partial charge in [0, 0.05) is 6.04 Å². The van der Waals surface area contributed by atoms with Crippen molar-refractivity contribution in [2.24, 2.45) is 17.8 Å². The summed E-state index contributed by atoms with van der Waals surface area (Å²) in [6, 6.07) is -0.589. The average molecular weight is 407 g/mol. The van der Waals surface area contributed by atoms with Crippen LogP contribution in [0.4, 0.5) is 4.79 Å². The Morgan fingerprint density at radius 1 is 0.966 bits per heavy atom. The third kappa shape index (κ3) is 5.13. The topological polar surface area (TPSA) is 122 Å². The zero-order chi connectivity index (χ0) is 21.0. The minimum absolute atomic E-state index is 0.0230. The third-order valence-electron chi connectivity index (χ3n) is 6.26. The maximum atomic E-state index is 12.4. The van der Waals surface area contributed by atoms with Crippen LogP contribution < -0.4 is 10.6 Å². The highest BCUT2D eigenvalue weighted by atomic mass is 16.5. The summed E-state index contributed by atoms with van der Waals surface area (Å²) in [5.74, 6) is -2.59. The summed E-state index contributed by atoms with van der Waals surface area (Å²) in [4.78, 5) is 61.4. The number of ether oxygens (including phenoxy) is 1. The number of nitrogens with zero attached hydrogens (tertiary/aromatic N) is 1. The van der Waals surface area contributed by atoms with Gasteiger partial charge in [-0.2, -0.15) is 0 Å². The Bertz CT molecular complexity index is 670. The Labute approximate surface area is 169 Å². The number of nitrogens with one attached hydrogen (secondary N) is 2. The van der Waals surface area contributed by atoms with Crippen LogP contribution in [0.1, 0.15) is 58.3 Å². The molecule has 0 aromatic rings. The molecule has 1 aliphatic heterocycles. The number of amides is 5. The largest absolute Gasteiger partial charge is 0.454 e. The first-order valence-electron chi connectivity index (χ1n) is 10.5. The van der Waals surface area contributed by atoms with E-state index >= 15 is 0 Å². The van der Waals surface area contributed by atoms with Crippen molar-refractivity contribution < 1.29 is 28.7 Å². The number of likely N-dealkylation sites (tertiary alicyclic amines) is 1. The third-order valence-corrected chi connectivity index (χ3v) is 6.26. The van der Waals surface area contributed by atoms with Crippen molar-refractivity contribution in [3.8, 4) is 0 Å². The first-order chi connectivity index (χ1) is 13.9. The lowest BCUT2D eigenvalue weighted by molar-refractivity contribution is -0.154. The van der Waals surface area contributed by atoms with Crippen LogP contribution in [0.3, 0.4) is 0 Å². The predicted octanol–water partition coefficient (Wildman–Crippen LogP) is 1.11. The lowest BCUT2D eigenvalue weighted by Gasteiger charge is -2.29. The monoisotopic (exact) mass is 407 g/mol. The number of fused-ring (bicyclic) bond motifs is 1. The number of hydrogen-bond donors (Lipinski definition) is 2. The van der Waals surface area contributed by atoms with Gasteiger partial charge in [0.15, 0.2) is 6.61 Å². The molecule has 3 rings (SSSR count). The van der Waals surface area contributed by atoms with Crippen LogP contribution in [0, 0.1) is 17.8 Å². The molecule has 1 heterocycles. The van der Waals surface area contributed by atoms with Crippen molar-refractivity contribution in [2.45, 2.75) is 64.3 Å². The van der Waals surface area contributed by atoms with Gasteiger partial charge >= 0.3 is 12.0 Å². The Hall–Kier alpha value is -2.45. The van der Waals surface area contributed by atoms with Gasteiger partial charge in [0.25, 0.3) is 5.91 Å². The number of carbonyl (C=O) groups is 5. The number of hydrogen-bond acceptors (Lipinski definition) is 6. The predicted molar refractivity (Wildman–Crippen MR) is 101 cm³/mol. The molecule has 9 nitrogen and oxygen atoms in total. The molecule has 160 valence electrons. The van der Waals surface area contributed by atoms with E-state index in [2.05, 4.69) is 17.6 Å². The second-order valence-electron chi connectivity index (χ2n) is 8.31. The summed E-state index contributed by atoms with van der Waals surface area (Å²) >= 11 is 0. The molecule has 2 saturated carbocycles. The van der Waals surface area contributed by atoms with E-state index in [1.807, 2.05) is 0 Å². The molecule has 2 N–H and O–H groups in total. The van der Waals surface area contributed by atoms with Crippen LogP contribution in [0.15, 0.2) is 0 Å². The number of imide groups is 2. The van der Waals surface area contributed by atoms with Crippen LogP contribution in [0.2, 0.25) is 0 Å². The van der Waals surface area contributed by atoms with Crippen LogP contribution in [-0.4, -0.2) is 53.8 Å². The molecule has 0 spiro atoms. The van der Waals surface area contributed by atoms with Gasteiger partial charge in [-0.25, -0.2) is 4.79 Å². The second kappa shape index (κ2) is 9.37. The van der Waals surface area contributed by atoms with Gasteiger partial charge < -0.3 is 10.1 Å². The summed E-state index contributed by atoms with van der Waals surface area (Å²) < 4.78 is 4.85. The highest BCUT2D eigenvalue weighted by molar-refractivity contribution is 6.07. The highest BCUT2D eigenvalue weighted by Gasteiger charge is 2.48. The van der Waals surface area contributed by atoms with E-state index in [0.29, 0.717) is 18.8 Å². The molecular formula is C20H29N3O6. The Morgan fingerprint density at radius 2 is 1.55 bits per heavy atom. The fraction of sp³-hybridized carbons (Fsp3) is 0.750. The molecular weight excluding hydrogens is 378 g/mol. The zero-order valence-corrected chi connectivity index (χ0v) is 16.8. The smallest absolute Gasteiger partial charge is 0.326 e. The molecule has 0 aromatic carbocycles. The van der Waals surface area contributed by atoms with Crippen molar-refractivity contribution in [2.75, 3.05) is 13.2 Å². The van der Waals surface area contributed by atoms with E-state index in [0.717, 1.165) is 43.4 Å². The summed E-state index contributed by atoms with van der Waals surface area (Å²) in [5.41, 5.74) is 0. The minimum Gasteiger partial charge on any atom is -0.454 e. The Kier molecular flexibility index (Phi) is 6.87. The number of esters is 1. The Morgan fingerprint density at radius 3 is 2.17 bits per heavy atom. The van der Waals surface area contributed by atoms with Gasteiger partial charge in [-0.05, 0) is 31.6 Å². The van der Waals surface area contributed by atoms with E-state index in [-0.39, 0.29) is 29.7 Å². The fourth-order valence-electron chi connectivity index (χ4n) is 4.61. The van der Waals surface area contributed by atoms with Crippen LogP contribution >= 0.6 is 0 Å². The fourth-order valence-corrected chi connectivity index (χ4v) is 4.61. The van der Waals surface area contributed by atoms with Crippen molar-refractivity contribution in [1.82, 2.24) is 15.5 Å². The van der Waals surface area contributed by atoms with Gasteiger partial charge in [-0.3, -0.25) is 29.4 Å². The van der Waals surface area contributed by atoms with Crippen molar-refractivity contribution >= 4 is 29.7 Å². The first kappa shape index (κ1) is 21.3. The summed E-state index contributed by atoms with van der Waals surface area (Å²) in [5, 5.41) is 4.92. The van der Waals surface area contributed by atoms with E-state index in [1.54, 1.807) is 0 Å². The number of rotatable bonds is 5. The Balaban J connectivity index is 1.39. The molecule has 2 aliphatic carbocycles. The normalized spacial score (nSPS) is 29.2. The van der Waals surface area contributed by atoms with Gasteiger partial charge in [0.1, 0.15) is 6.54 Å². The molecule has 5 amide bonds. The van der Waals surface area contributed by atoms with Gasteiger partial charge in [-0.1, -0.05) is 32.6 Å². The first-order valence-corrected chi connectivity index (χ1v) is 10.5. The molecule has 0 aromatic heterocycles. The molecule has 9 heteroatoms. The molecule has 0 radical (unpaired) electrons. The maximum Gasteiger partial charge on any atom is 0.326 e. The molecule has 3 fully saturated rings. The molecule has 0 bridgehead atoms. The van der Waals surface area contributed by atoms with Crippen LogP contribution in [0.5, 0.6) is 0 Å². The molecule has 29 heavy (non-hydrogen) atoms.